The van der Waals surface area contributed by atoms with Gasteiger partial charge in [0.25, 0.3) is 0 Å². The molecule has 3 heterocycles. The molecule has 0 spiro atoms. The minimum Gasteiger partial charge on any atom is -0.465 e. The van der Waals surface area contributed by atoms with Crippen molar-refractivity contribution in [3.8, 4) is 0 Å². The van der Waals surface area contributed by atoms with Gasteiger partial charge < -0.3 is 9.72 Å². The van der Waals surface area contributed by atoms with Crippen LogP contribution in [0.2, 0.25) is 0 Å². The highest BCUT2D eigenvalue weighted by Crippen LogP contribution is 2.25. The molecular weight excluding hydrogens is 312 g/mol. The number of hydrogen-bond donors (Lipinski definition) is 1. The molecule has 0 fully saturated rings. The SMILES string of the molecule is COC(=O)c1c(C)[nH]c(C(=O)CN2CCc3sccc3C2)c1C. The first-order chi connectivity index (χ1) is 11.0. The van der Waals surface area contributed by atoms with Crippen LogP contribution in [0.1, 0.15) is 42.5 Å². The summed E-state index contributed by atoms with van der Waals surface area (Å²) in [7, 11) is 1.35. The molecule has 6 heteroatoms. The van der Waals surface area contributed by atoms with E-state index < -0.39 is 5.97 Å². The van der Waals surface area contributed by atoms with E-state index in [-0.39, 0.29) is 5.78 Å². The number of H-pyrrole nitrogens is 1. The van der Waals surface area contributed by atoms with Crippen molar-refractivity contribution in [1.82, 2.24) is 9.88 Å². The van der Waals surface area contributed by atoms with Crippen molar-refractivity contribution in [2.24, 2.45) is 0 Å². The van der Waals surface area contributed by atoms with Crippen molar-refractivity contribution in [3.05, 3.63) is 44.4 Å². The molecule has 5 nitrogen and oxygen atoms in total. The Morgan fingerprint density at radius 2 is 2.17 bits per heavy atom. The lowest BCUT2D eigenvalue weighted by atomic mass is 10.1. The smallest absolute Gasteiger partial charge is 0.339 e. The second-order valence-corrected chi connectivity index (χ2v) is 6.87. The Labute approximate surface area is 139 Å². The highest BCUT2D eigenvalue weighted by atomic mass is 32.1. The zero-order valence-electron chi connectivity index (χ0n) is 13.6. The van der Waals surface area contributed by atoms with E-state index in [4.69, 9.17) is 4.74 Å². The number of Topliss-reactive ketones (excluding diaryl/α,β-unsaturated/α-hetero) is 1. The third kappa shape index (κ3) is 2.96. The van der Waals surface area contributed by atoms with Gasteiger partial charge in [-0.1, -0.05) is 0 Å². The summed E-state index contributed by atoms with van der Waals surface area (Å²) < 4.78 is 4.79. The fourth-order valence-corrected chi connectivity index (χ4v) is 4.05. The van der Waals surface area contributed by atoms with Gasteiger partial charge in [-0.3, -0.25) is 9.69 Å². The summed E-state index contributed by atoms with van der Waals surface area (Å²) in [6, 6.07) is 2.13. The first-order valence-corrected chi connectivity index (χ1v) is 8.47. The Morgan fingerprint density at radius 3 is 2.91 bits per heavy atom. The average Bonchev–Trinajstić information content (AvgIpc) is 3.10. The summed E-state index contributed by atoms with van der Waals surface area (Å²) in [6.45, 7) is 5.64. The zero-order chi connectivity index (χ0) is 16.6. The van der Waals surface area contributed by atoms with Crippen molar-refractivity contribution >= 4 is 23.1 Å². The predicted molar refractivity (Wildman–Crippen MR) is 89.2 cm³/mol. The number of ether oxygens (including phenoxy) is 1. The zero-order valence-corrected chi connectivity index (χ0v) is 14.4. The van der Waals surface area contributed by atoms with Crippen LogP contribution in [0.5, 0.6) is 0 Å². The second-order valence-electron chi connectivity index (χ2n) is 5.87. The number of nitrogens with one attached hydrogen (secondary N) is 1. The molecule has 0 amide bonds. The average molecular weight is 332 g/mol. The summed E-state index contributed by atoms with van der Waals surface area (Å²) in [6.07, 6.45) is 0.996. The van der Waals surface area contributed by atoms with Gasteiger partial charge in [-0.25, -0.2) is 4.79 Å². The van der Waals surface area contributed by atoms with Gasteiger partial charge in [0.1, 0.15) is 0 Å². The van der Waals surface area contributed by atoms with Gasteiger partial charge in [0.2, 0.25) is 0 Å². The van der Waals surface area contributed by atoms with Crippen molar-refractivity contribution in [3.63, 3.8) is 0 Å². The number of ketones is 1. The molecule has 0 saturated heterocycles. The van der Waals surface area contributed by atoms with E-state index >= 15 is 0 Å². The minimum atomic E-state index is -0.406. The first kappa shape index (κ1) is 16.0. The van der Waals surface area contributed by atoms with E-state index in [1.807, 2.05) is 0 Å². The number of hydrogen-bond acceptors (Lipinski definition) is 5. The summed E-state index contributed by atoms with van der Waals surface area (Å²) in [5.74, 6) is -0.393. The van der Waals surface area contributed by atoms with Crippen LogP contribution in [0.3, 0.4) is 0 Å². The van der Waals surface area contributed by atoms with E-state index in [0.29, 0.717) is 29.1 Å². The third-order valence-electron chi connectivity index (χ3n) is 4.36. The van der Waals surface area contributed by atoms with E-state index in [1.165, 1.54) is 17.6 Å². The van der Waals surface area contributed by atoms with Crippen LogP contribution in [-0.2, 0) is 17.7 Å². The number of esters is 1. The van der Waals surface area contributed by atoms with Gasteiger partial charge in [0.15, 0.2) is 5.78 Å². The number of carbonyl (C=O) groups excluding carboxylic acids is 2. The van der Waals surface area contributed by atoms with Crippen LogP contribution in [-0.4, -0.2) is 41.8 Å². The maximum Gasteiger partial charge on any atom is 0.339 e. The highest BCUT2D eigenvalue weighted by Gasteiger charge is 2.25. The summed E-state index contributed by atoms with van der Waals surface area (Å²) in [5, 5.41) is 2.11. The summed E-state index contributed by atoms with van der Waals surface area (Å²) in [5.41, 5.74) is 3.65. The van der Waals surface area contributed by atoms with Gasteiger partial charge >= 0.3 is 5.97 Å². The Hall–Kier alpha value is -1.92. The predicted octanol–water partition coefficient (Wildman–Crippen LogP) is 2.72. The van der Waals surface area contributed by atoms with Gasteiger partial charge in [0.05, 0.1) is 24.9 Å². The third-order valence-corrected chi connectivity index (χ3v) is 5.38. The van der Waals surface area contributed by atoms with Crippen LogP contribution in [0.25, 0.3) is 0 Å². The number of nitrogens with zero attached hydrogens (tertiary/aromatic N) is 1. The summed E-state index contributed by atoms with van der Waals surface area (Å²) in [4.78, 5) is 31.1. The van der Waals surface area contributed by atoms with Crippen LogP contribution in [0, 0.1) is 13.8 Å². The first-order valence-electron chi connectivity index (χ1n) is 7.59. The van der Waals surface area contributed by atoms with Crippen molar-refractivity contribution < 1.29 is 14.3 Å². The van der Waals surface area contributed by atoms with E-state index in [1.54, 1.807) is 25.2 Å². The fraction of sp³-hybridized carbons (Fsp3) is 0.412. The normalized spacial score (nSPS) is 14.6. The molecule has 3 rings (SSSR count). The topological polar surface area (TPSA) is 62.4 Å². The molecule has 1 aliphatic rings. The van der Waals surface area contributed by atoms with Crippen LogP contribution < -0.4 is 0 Å². The van der Waals surface area contributed by atoms with E-state index in [2.05, 4.69) is 21.3 Å². The molecule has 0 bridgehead atoms. The maximum absolute atomic E-state index is 12.6. The highest BCUT2D eigenvalue weighted by molar-refractivity contribution is 7.10. The Balaban J connectivity index is 1.76. The monoisotopic (exact) mass is 332 g/mol. The molecule has 1 N–H and O–H groups in total. The van der Waals surface area contributed by atoms with Crippen LogP contribution in [0.15, 0.2) is 11.4 Å². The number of aromatic nitrogens is 1. The van der Waals surface area contributed by atoms with Gasteiger partial charge in [-0.05, 0) is 42.8 Å². The molecule has 122 valence electrons. The lowest BCUT2D eigenvalue weighted by molar-refractivity contribution is 0.0599. The van der Waals surface area contributed by atoms with Crippen LogP contribution >= 0.6 is 11.3 Å². The van der Waals surface area contributed by atoms with E-state index in [0.717, 1.165) is 19.5 Å². The van der Waals surface area contributed by atoms with Gasteiger partial charge in [-0.15, -0.1) is 11.3 Å². The minimum absolute atomic E-state index is 0.0134. The molecule has 2 aromatic heterocycles. The number of fused-ring (bicyclic) bond motifs is 1. The van der Waals surface area contributed by atoms with Crippen molar-refractivity contribution in [1.29, 1.82) is 0 Å². The number of rotatable bonds is 4. The number of aryl methyl sites for hydroxylation is 1. The lowest BCUT2D eigenvalue weighted by Gasteiger charge is -2.25. The number of aromatic amines is 1. The van der Waals surface area contributed by atoms with Crippen molar-refractivity contribution in [2.75, 3.05) is 20.2 Å². The quantitative estimate of drug-likeness (QED) is 0.691. The Bertz CT molecular complexity index is 760. The molecular formula is C17H20N2O3S. The van der Waals surface area contributed by atoms with Gasteiger partial charge in [0, 0.05) is 23.7 Å². The fourth-order valence-electron chi connectivity index (χ4n) is 3.16. The molecule has 1 aliphatic heterocycles. The molecule has 0 saturated carbocycles. The molecule has 23 heavy (non-hydrogen) atoms. The van der Waals surface area contributed by atoms with Gasteiger partial charge in [-0.2, -0.15) is 0 Å². The molecule has 2 aromatic rings. The maximum atomic E-state index is 12.6. The number of carbonyl (C=O) groups is 2. The standard InChI is InChI=1S/C17H20N2O3S/c1-10-15(17(21)22-3)11(2)18-16(10)13(20)9-19-6-4-14-12(8-19)5-7-23-14/h5,7,18H,4,6,8-9H2,1-3H3. The lowest BCUT2D eigenvalue weighted by Crippen LogP contribution is -2.34. The number of methoxy groups -OCH3 is 1. The Kier molecular flexibility index (Phi) is 4.37. The molecule has 0 aromatic carbocycles. The van der Waals surface area contributed by atoms with E-state index in [9.17, 15) is 9.59 Å². The Morgan fingerprint density at radius 1 is 1.39 bits per heavy atom. The second kappa shape index (κ2) is 6.29. The number of thiophene rings is 1. The summed E-state index contributed by atoms with van der Waals surface area (Å²) >= 11 is 1.79. The molecule has 0 radical (unpaired) electrons. The largest absolute Gasteiger partial charge is 0.465 e. The van der Waals surface area contributed by atoms with Crippen molar-refractivity contribution in [2.45, 2.75) is 26.8 Å². The van der Waals surface area contributed by atoms with Crippen LogP contribution in [0.4, 0.5) is 0 Å². The molecule has 0 unspecified atom stereocenters. The molecule has 0 atom stereocenters. The molecule has 0 aliphatic carbocycles.